The van der Waals surface area contributed by atoms with Crippen molar-refractivity contribution in [3.05, 3.63) is 29.3 Å². The van der Waals surface area contributed by atoms with E-state index in [1.807, 2.05) is 6.07 Å². The van der Waals surface area contributed by atoms with E-state index in [9.17, 15) is 19.8 Å². The highest BCUT2D eigenvalue weighted by Gasteiger charge is 2.54. The number of hydrogen-bond donors (Lipinski definition) is 3. The van der Waals surface area contributed by atoms with Crippen LogP contribution < -0.4 is 10.1 Å². The number of hydrogen-bond acceptors (Lipinski definition) is 6. The molecule has 4 rings (SSSR count). The SMILES string of the molecule is CC(C)(C)OC(=O)N[C@H](CO)C(=O)Oc1ccc2c(c1)CCC1C2CC[C@@]2(C)C1CC[C@@H]2O. The Morgan fingerprint density at radius 3 is 2.67 bits per heavy atom. The Morgan fingerprint density at radius 1 is 1.21 bits per heavy atom. The molecule has 0 radical (unpaired) electrons. The normalized spacial score (nSPS) is 31.6. The number of aryl methyl sites for hydroxylation is 1. The van der Waals surface area contributed by atoms with Gasteiger partial charge in [0.25, 0.3) is 0 Å². The van der Waals surface area contributed by atoms with Crippen molar-refractivity contribution in [3.63, 3.8) is 0 Å². The van der Waals surface area contributed by atoms with Crippen molar-refractivity contribution >= 4 is 12.1 Å². The molecule has 0 aliphatic heterocycles. The summed E-state index contributed by atoms with van der Waals surface area (Å²) in [6.45, 7) is 6.85. The van der Waals surface area contributed by atoms with Crippen LogP contribution in [-0.4, -0.2) is 46.6 Å². The highest BCUT2D eigenvalue weighted by Crippen LogP contribution is 2.60. The van der Waals surface area contributed by atoms with Crippen LogP contribution in [0.3, 0.4) is 0 Å². The average molecular weight is 460 g/mol. The largest absolute Gasteiger partial charge is 0.444 e. The zero-order chi connectivity index (χ0) is 24.0. The molecule has 3 aliphatic rings. The van der Waals surface area contributed by atoms with E-state index >= 15 is 0 Å². The smallest absolute Gasteiger partial charge is 0.408 e. The number of carbonyl (C=O) groups excluding carboxylic acids is 2. The summed E-state index contributed by atoms with van der Waals surface area (Å²) in [7, 11) is 0. The Balaban J connectivity index is 1.43. The van der Waals surface area contributed by atoms with Crippen LogP contribution >= 0.6 is 0 Å². The maximum Gasteiger partial charge on any atom is 0.408 e. The van der Waals surface area contributed by atoms with Crippen LogP contribution in [0.15, 0.2) is 18.2 Å². The molecule has 0 saturated heterocycles. The van der Waals surface area contributed by atoms with Gasteiger partial charge in [-0.25, -0.2) is 9.59 Å². The second kappa shape index (κ2) is 8.91. The van der Waals surface area contributed by atoms with E-state index in [1.165, 1.54) is 11.1 Å². The van der Waals surface area contributed by atoms with Crippen LogP contribution in [0.4, 0.5) is 4.79 Å². The lowest BCUT2D eigenvalue weighted by molar-refractivity contribution is -0.137. The molecule has 2 saturated carbocycles. The van der Waals surface area contributed by atoms with Crippen LogP contribution in [-0.2, 0) is 16.0 Å². The zero-order valence-electron chi connectivity index (χ0n) is 20.1. The number of fused-ring (bicyclic) bond motifs is 5. The second-order valence-corrected chi connectivity index (χ2v) is 11.2. The molecular formula is C26H37NO6. The molecule has 1 aromatic carbocycles. The summed E-state index contributed by atoms with van der Waals surface area (Å²) in [5.74, 6) is 1.34. The first-order chi connectivity index (χ1) is 15.5. The number of benzene rings is 1. The Morgan fingerprint density at radius 2 is 1.97 bits per heavy atom. The predicted molar refractivity (Wildman–Crippen MR) is 123 cm³/mol. The van der Waals surface area contributed by atoms with E-state index in [0.29, 0.717) is 23.5 Å². The quantitative estimate of drug-likeness (QED) is 0.468. The lowest BCUT2D eigenvalue weighted by Crippen LogP contribution is -2.47. The first-order valence-corrected chi connectivity index (χ1v) is 12.1. The number of nitrogens with one attached hydrogen (secondary N) is 1. The van der Waals surface area contributed by atoms with E-state index < -0.39 is 30.3 Å². The van der Waals surface area contributed by atoms with Gasteiger partial charge < -0.3 is 25.0 Å². The molecule has 1 aromatic rings. The van der Waals surface area contributed by atoms with Crippen molar-refractivity contribution in [3.8, 4) is 5.75 Å². The van der Waals surface area contributed by atoms with Gasteiger partial charge in [-0.3, -0.25) is 0 Å². The van der Waals surface area contributed by atoms with Gasteiger partial charge in [0, 0.05) is 0 Å². The molecular weight excluding hydrogens is 422 g/mol. The number of ether oxygens (including phenoxy) is 2. The summed E-state index contributed by atoms with van der Waals surface area (Å²) in [5, 5.41) is 22.5. The zero-order valence-corrected chi connectivity index (χ0v) is 20.1. The third kappa shape index (κ3) is 4.76. The van der Waals surface area contributed by atoms with Crippen molar-refractivity contribution in [1.82, 2.24) is 5.32 Å². The predicted octanol–water partition coefficient (Wildman–Crippen LogP) is 3.69. The van der Waals surface area contributed by atoms with E-state index in [2.05, 4.69) is 18.3 Å². The van der Waals surface area contributed by atoms with Crippen LogP contribution in [0, 0.1) is 17.3 Å². The molecule has 2 fully saturated rings. The second-order valence-electron chi connectivity index (χ2n) is 11.2. The van der Waals surface area contributed by atoms with Crippen molar-refractivity contribution < 1.29 is 29.3 Å². The molecule has 0 heterocycles. The average Bonchev–Trinajstić information content (AvgIpc) is 3.05. The maximum absolute atomic E-state index is 12.6. The van der Waals surface area contributed by atoms with Crippen LogP contribution in [0.25, 0.3) is 0 Å². The lowest BCUT2D eigenvalue weighted by Gasteiger charge is -2.50. The van der Waals surface area contributed by atoms with E-state index in [0.717, 1.165) is 38.5 Å². The highest BCUT2D eigenvalue weighted by molar-refractivity contribution is 5.83. The first kappa shape index (κ1) is 24.0. The van der Waals surface area contributed by atoms with Crippen molar-refractivity contribution in [2.45, 2.75) is 89.9 Å². The van der Waals surface area contributed by atoms with Crippen molar-refractivity contribution in [2.24, 2.45) is 17.3 Å². The minimum Gasteiger partial charge on any atom is -0.444 e. The summed E-state index contributed by atoms with van der Waals surface area (Å²) >= 11 is 0. The van der Waals surface area contributed by atoms with Crippen LogP contribution in [0.1, 0.15) is 76.8 Å². The standard InChI is InChI=1S/C26H37NO6/c1-25(2,3)33-24(31)27-21(14-28)23(30)32-16-6-8-17-15(13-16)5-7-19-18(17)11-12-26(4)20(19)9-10-22(26)29/h6,8,13,18-22,28-29H,5,7,9-12,14H2,1-4H3,(H,27,31)/t18?,19?,20?,21-,22+,26+/m1/s1. The van der Waals surface area contributed by atoms with E-state index in [1.54, 1.807) is 26.8 Å². The van der Waals surface area contributed by atoms with Gasteiger partial charge in [0.1, 0.15) is 11.4 Å². The number of alkyl carbamates (subject to hydrolysis) is 1. The fourth-order valence-corrected chi connectivity index (χ4v) is 6.41. The molecule has 1 amide bonds. The third-order valence-corrected chi connectivity index (χ3v) is 8.02. The van der Waals surface area contributed by atoms with Gasteiger partial charge in [0.2, 0.25) is 0 Å². The van der Waals surface area contributed by atoms with Gasteiger partial charge in [-0.15, -0.1) is 0 Å². The molecule has 7 nitrogen and oxygen atoms in total. The molecule has 3 aliphatic carbocycles. The number of amides is 1. The monoisotopic (exact) mass is 459 g/mol. The van der Waals surface area contributed by atoms with E-state index in [4.69, 9.17) is 9.47 Å². The summed E-state index contributed by atoms with van der Waals surface area (Å²) in [6, 6.07) is 4.59. The highest BCUT2D eigenvalue weighted by atomic mass is 16.6. The molecule has 0 bridgehead atoms. The summed E-state index contributed by atoms with van der Waals surface area (Å²) in [4.78, 5) is 24.5. The fourth-order valence-electron chi connectivity index (χ4n) is 6.41. The minimum absolute atomic E-state index is 0.0502. The maximum atomic E-state index is 12.6. The molecule has 3 N–H and O–H groups in total. The molecule has 3 unspecified atom stereocenters. The molecule has 6 atom stereocenters. The van der Waals surface area contributed by atoms with Crippen molar-refractivity contribution in [1.29, 1.82) is 0 Å². The third-order valence-electron chi connectivity index (χ3n) is 8.02. The van der Waals surface area contributed by atoms with Crippen LogP contribution in [0.5, 0.6) is 5.75 Å². The van der Waals surface area contributed by atoms with E-state index in [-0.39, 0.29) is 11.5 Å². The van der Waals surface area contributed by atoms with Gasteiger partial charge in [-0.2, -0.15) is 0 Å². The Hall–Kier alpha value is -2.12. The molecule has 7 heteroatoms. The Bertz CT molecular complexity index is 909. The number of rotatable bonds is 4. The van der Waals surface area contributed by atoms with Gasteiger partial charge in [-0.05, 0) is 106 Å². The summed E-state index contributed by atoms with van der Waals surface area (Å²) in [5.41, 5.74) is 1.87. The fraction of sp³-hybridized carbons (Fsp3) is 0.692. The minimum atomic E-state index is -1.20. The topological polar surface area (TPSA) is 105 Å². The van der Waals surface area contributed by atoms with Gasteiger partial charge in [0.05, 0.1) is 12.7 Å². The van der Waals surface area contributed by atoms with Crippen molar-refractivity contribution in [2.75, 3.05) is 6.61 Å². The number of carbonyl (C=O) groups is 2. The van der Waals surface area contributed by atoms with Gasteiger partial charge >= 0.3 is 12.1 Å². The van der Waals surface area contributed by atoms with Gasteiger partial charge in [0.15, 0.2) is 6.04 Å². The summed E-state index contributed by atoms with van der Waals surface area (Å²) < 4.78 is 10.7. The number of aliphatic hydroxyl groups excluding tert-OH is 2. The van der Waals surface area contributed by atoms with Crippen LogP contribution in [0.2, 0.25) is 0 Å². The molecule has 182 valence electrons. The van der Waals surface area contributed by atoms with Gasteiger partial charge in [-0.1, -0.05) is 13.0 Å². The molecule has 33 heavy (non-hydrogen) atoms. The lowest BCUT2D eigenvalue weighted by atomic mass is 9.55. The Labute approximate surface area is 195 Å². The first-order valence-electron chi connectivity index (χ1n) is 12.1. The molecule has 0 spiro atoms. The number of esters is 1. The number of aliphatic hydroxyl groups is 2. The summed E-state index contributed by atoms with van der Waals surface area (Å²) in [6.07, 6.45) is 5.19. The molecule has 0 aromatic heterocycles. The Kier molecular flexibility index (Phi) is 6.49.